The molecular formula is C12H22N4O6S2. The van der Waals surface area contributed by atoms with E-state index in [-0.39, 0.29) is 0 Å². The second-order valence-corrected chi connectivity index (χ2v) is 7.36. The Kier molecular flexibility index (Phi) is 12.1. The number of hydrogen-bond acceptors (Lipinski definition) is 8. The highest BCUT2D eigenvalue weighted by Gasteiger charge is 2.15. The predicted molar refractivity (Wildman–Crippen MR) is 91.4 cm³/mol. The number of carboxylic acid groups (broad SMARTS) is 2. The number of carboxylic acids is 2. The van der Waals surface area contributed by atoms with Crippen molar-refractivity contribution < 1.29 is 29.4 Å². The van der Waals surface area contributed by atoms with Crippen molar-refractivity contribution in [3.8, 4) is 0 Å². The first-order valence-electron chi connectivity index (χ1n) is 6.98. The van der Waals surface area contributed by atoms with E-state index in [4.69, 9.17) is 21.7 Å². The summed E-state index contributed by atoms with van der Waals surface area (Å²) in [4.78, 5) is 43.5. The molecule has 0 bridgehead atoms. The van der Waals surface area contributed by atoms with Gasteiger partial charge in [-0.2, -0.15) is 0 Å². The second kappa shape index (κ2) is 12.9. The molecule has 8 N–H and O–H groups in total. The largest absolute Gasteiger partial charge is 0.480 e. The summed E-state index contributed by atoms with van der Waals surface area (Å²) in [5.74, 6) is -2.15. The summed E-state index contributed by atoms with van der Waals surface area (Å²) < 4.78 is 0. The fourth-order valence-electron chi connectivity index (χ4n) is 1.32. The molecule has 12 heteroatoms. The first-order chi connectivity index (χ1) is 11.2. The van der Waals surface area contributed by atoms with Gasteiger partial charge in [-0.1, -0.05) is 21.6 Å². The van der Waals surface area contributed by atoms with Crippen LogP contribution in [0, 0.1) is 0 Å². The molecule has 0 aromatic carbocycles. The Bertz CT molecular complexity index is 411. The molecule has 0 rings (SSSR count). The molecule has 2 unspecified atom stereocenters. The Labute approximate surface area is 146 Å². The van der Waals surface area contributed by atoms with Gasteiger partial charge < -0.3 is 32.3 Å². The number of aliphatic carboxylic acids is 2. The van der Waals surface area contributed by atoms with E-state index >= 15 is 0 Å². The van der Waals surface area contributed by atoms with Crippen LogP contribution in [0.5, 0.6) is 0 Å². The number of hydrogen-bond donors (Lipinski definition) is 6. The third-order valence-electron chi connectivity index (χ3n) is 2.61. The van der Waals surface area contributed by atoms with Crippen LogP contribution < -0.4 is 22.1 Å². The highest BCUT2D eigenvalue weighted by Crippen LogP contribution is 2.23. The molecule has 2 atom stereocenters. The topological polar surface area (TPSA) is 185 Å². The van der Waals surface area contributed by atoms with Gasteiger partial charge in [-0.3, -0.25) is 19.2 Å². The van der Waals surface area contributed by atoms with Crippen LogP contribution in [0.25, 0.3) is 0 Å². The van der Waals surface area contributed by atoms with Crippen LogP contribution in [-0.2, 0) is 19.2 Å². The molecule has 2 amide bonds. The zero-order valence-electron chi connectivity index (χ0n) is 12.9. The van der Waals surface area contributed by atoms with Gasteiger partial charge in [0.25, 0.3) is 0 Å². The van der Waals surface area contributed by atoms with Crippen molar-refractivity contribution in [3.05, 3.63) is 0 Å². The molecule has 0 aliphatic heterocycles. The molecule has 0 aromatic heterocycles. The summed E-state index contributed by atoms with van der Waals surface area (Å²) in [5.41, 5.74) is 11.2. The summed E-state index contributed by atoms with van der Waals surface area (Å²) in [7, 11) is 2.91. The zero-order valence-corrected chi connectivity index (χ0v) is 14.5. The Morgan fingerprint density at radius 1 is 0.792 bits per heavy atom. The molecule has 0 saturated heterocycles. The van der Waals surface area contributed by atoms with Gasteiger partial charge in [0.2, 0.25) is 11.8 Å². The molecule has 0 fully saturated rings. The lowest BCUT2D eigenvalue weighted by Crippen LogP contribution is -2.43. The van der Waals surface area contributed by atoms with Gasteiger partial charge in [0.1, 0.15) is 13.1 Å². The van der Waals surface area contributed by atoms with Gasteiger partial charge in [-0.25, -0.2) is 0 Å². The summed E-state index contributed by atoms with van der Waals surface area (Å²) in [6.07, 6.45) is 0.766. The highest BCUT2D eigenvalue weighted by molar-refractivity contribution is 8.76. The SMILES string of the molecule is NC(CCSSCCC(N)C(=O)NCC(=O)O)C(=O)NCC(=O)O. The van der Waals surface area contributed by atoms with Crippen molar-refractivity contribution in [2.45, 2.75) is 24.9 Å². The standard InChI is InChI=1S/C12H22N4O6S2/c13-7(11(21)15-5-9(17)18)1-3-23-24-4-2-8(14)12(22)16-6-10(19)20/h7-8H,1-6,13-14H2,(H,15,21)(H,16,22)(H,17,18)(H,19,20). The summed E-state index contributed by atoms with van der Waals surface area (Å²) in [6, 6.07) is -1.55. The van der Waals surface area contributed by atoms with Gasteiger partial charge in [0.15, 0.2) is 0 Å². The van der Waals surface area contributed by atoms with E-state index < -0.39 is 48.9 Å². The molecule has 0 aliphatic rings. The average Bonchev–Trinajstić information content (AvgIpc) is 2.52. The predicted octanol–water partition coefficient (Wildman–Crippen LogP) is -1.80. The van der Waals surface area contributed by atoms with Crippen molar-refractivity contribution in [1.82, 2.24) is 10.6 Å². The van der Waals surface area contributed by atoms with E-state index in [1.165, 1.54) is 21.6 Å². The maximum Gasteiger partial charge on any atom is 0.322 e. The number of carbonyl (C=O) groups is 4. The van der Waals surface area contributed by atoms with E-state index in [0.29, 0.717) is 24.3 Å². The quantitative estimate of drug-likeness (QED) is 0.157. The molecule has 138 valence electrons. The lowest BCUT2D eigenvalue weighted by molar-refractivity contribution is -0.138. The number of nitrogens with one attached hydrogen (secondary N) is 2. The van der Waals surface area contributed by atoms with Crippen molar-refractivity contribution in [3.63, 3.8) is 0 Å². The van der Waals surface area contributed by atoms with Crippen LogP contribution in [0.1, 0.15) is 12.8 Å². The number of rotatable bonds is 13. The highest BCUT2D eigenvalue weighted by atomic mass is 33.1. The van der Waals surface area contributed by atoms with Crippen LogP contribution in [-0.4, -0.2) is 70.6 Å². The van der Waals surface area contributed by atoms with Crippen LogP contribution in [0.15, 0.2) is 0 Å². The smallest absolute Gasteiger partial charge is 0.322 e. The molecule has 0 saturated carbocycles. The fraction of sp³-hybridized carbons (Fsp3) is 0.667. The van der Waals surface area contributed by atoms with Crippen molar-refractivity contribution in [2.24, 2.45) is 11.5 Å². The Morgan fingerprint density at radius 2 is 1.12 bits per heavy atom. The third kappa shape index (κ3) is 12.0. The van der Waals surface area contributed by atoms with E-state index in [1.54, 1.807) is 0 Å². The van der Waals surface area contributed by atoms with Crippen LogP contribution >= 0.6 is 21.6 Å². The molecule has 24 heavy (non-hydrogen) atoms. The van der Waals surface area contributed by atoms with E-state index in [9.17, 15) is 19.2 Å². The first-order valence-corrected chi connectivity index (χ1v) is 9.47. The third-order valence-corrected chi connectivity index (χ3v) is 5.08. The normalized spacial score (nSPS) is 12.9. The van der Waals surface area contributed by atoms with E-state index in [1.807, 2.05) is 0 Å². The van der Waals surface area contributed by atoms with Crippen LogP contribution in [0.3, 0.4) is 0 Å². The second-order valence-electron chi connectivity index (χ2n) is 4.66. The first kappa shape index (κ1) is 22.5. The molecule has 0 radical (unpaired) electrons. The lowest BCUT2D eigenvalue weighted by atomic mass is 10.2. The average molecular weight is 382 g/mol. The monoisotopic (exact) mass is 382 g/mol. The molecule has 10 nitrogen and oxygen atoms in total. The Morgan fingerprint density at radius 3 is 1.42 bits per heavy atom. The summed E-state index contributed by atoms with van der Waals surface area (Å²) in [6.45, 7) is -0.924. The molecule has 0 heterocycles. The van der Waals surface area contributed by atoms with Gasteiger partial charge in [0.05, 0.1) is 12.1 Å². The minimum atomic E-state index is -1.13. The van der Waals surface area contributed by atoms with Crippen molar-refractivity contribution in [1.29, 1.82) is 0 Å². The Hall–Kier alpha value is -1.50. The van der Waals surface area contributed by atoms with Crippen molar-refractivity contribution in [2.75, 3.05) is 24.6 Å². The molecule has 0 aliphatic carbocycles. The minimum Gasteiger partial charge on any atom is -0.480 e. The molecule has 0 spiro atoms. The number of nitrogens with two attached hydrogens (primary N) is 2. The number of carbonyl (C=O) groups excluding carboxylic acids is 2. The van der Waals surface area contributed by atoms with Gasteiger partial charge in [-0.05, 0) is 12.8 Å². The molecular weight excluding hydrogens is 360 g/mol. The fourth-order valence-corrected chi connectivity index (χ4v) is 3.54. The molecule has 0 aromatic rings. The van der Waals surface area contributed by atoms with E-state index in [0.717, 1.165) is 0 Å². The Balaban J connectivity index is 3.68. The van der Waals surface area contributed by atoms with Crippen LogP contribution in [0.4, 0.5) is 0 Å². The summed E-state index contributed by atoms with van der Waals surface area (Å²) >= 11 is 0. The van der Waals surface area contributed by atoms with Gasteiger partial charge in [-0.15, -0.1) is 0 Å². The minimum absolute atomic E-state index is 0.383. The summed E-state index contributed by atoms with van der Waals surface area (Å²) in [5, 5.41) is 21.3. The van der Waals surface area contributed by atoms with E-state index in [2.05, 4.69) is 10.6 Å². The maximum absolute atomic E-state index is 11.4. The zero-order chi connectivity index (χ0) is 18.5. The maximum atomic E-state index is 11.4. The van der Waals surface area contributed by atoms with Gasteiger partial charge in [0, 0.05) is 11.5 Å². The van der Waals surface area contributed by atoms with Gasteiger partial charge >= 0.3 is 11.9 Å². The van der Waals surface area contributed by atoms with Crippen LogP contribution in [0.2, 0.25) is 0 Å². The number of amides is 2. The lowest BCUT2D eigenvalue weighted by Gasteiger charge is -2.12. The van der Waals surface area contributed by atoms with Crippen molar-refractivity contribution >= 4 is 45.3 Å².